The van der Waals surface area contributed by atoms with E-state index in [1.54, 1.807) is 49.5 Å². The summed E-state index contributed by atoms with van der Waals surface area (Å²) in [5.41, 5.74) is 1.43. The molecule has 128 valence electrons. The Kier molecular flexibility index (Phi) is 4.65. The number of rotatable bonds is 4. The number of para-hydroxylation sites is 1. The standard InChI is InChI=1S/C18H17N3O4/c1-21-16(23)11-25-14-9-5-8-13(17(14)21)20-15(22)10-19-18(24)12-6-3-2-4-7-12/h2-9H,10-11H2,1H3,(H,19,24)(H,20,22). The molecule has 0 bridgehead atoms. The smallest absolute Gasteiger partial charge is 0.264 e. The Morgan fingerprint density at radius 3 is 2.64 bits per heavy atom. The summed E-state index contributed by atoms with van der Waals surface area (Å²) in [6, 6.07) is 13.8. The Balaban J connectivity index is 1.66. The zero-order valence-corrected chi connectivity index (χ0v) is 13.6. The van der Waals surface area contributed by atoms with E-state index < -0.39 is 5.91 Å². The number of likely N-dealkylation sites (N-methyl/N-ethyl adjacent to an activating group) is 1. The third-order valence-electron chi connectivity index (χ3n) is 3.78. The predicted octanol–water partition coefficient (Wildman–Crippen LogP) is 1.41. The fraction of sp³-hybridized carbons (Fsp3) is 0.167. The van der Waals surface area contributed by atoms with Crippen molar-refractivity contribution in [2.24, 2.45) is 0 Å². The van der Waals surface area contributed by atoms with E-state index in [0.29, 0.717) is 22.7 Å². The highest BCUT2D eigenvalue weighted by atomic mass is 16.5. The molecule has 2 aromatic carbocycles. The van der Waals surface area contributed by atoms with Gasteiger partial charge in [0.2, 0.25) is 5.91 Å². The quantitative estimate of drug-likeness (QED) is 0.882. The van der Waals surface area contributed by atoms with Gasteiger partial charge in [-0.05, 0) is 24.3 Å². The average Bonchev–Trinajstić information content (AvgIpc) is 2.63. The molecule has 0 unspecified atom stereocenters. The van der Waals surface area contributed by atoms with Gasteiger partial charge in [0.25, 0.3) is 11.8 Å². The molecule has 0 spiro atoms. The Labute approximate surface area is 144 Å². The number of fused-ring (bicyclic) bond motifs is 1. The maximum absolute atomic E-state index is 12.2. The molecule has 2 aromatic rings. The highest BCUT2D eigenvalue weighted by molar-refractivity contribution is 6.05. The van der Waals surface area contributed by atoms with Crippen LogP contribution in [0.5, 0.6) is 5.75 Å². The van der Waals surface area contributed by atoms with Gasteiger partial charge < -0.3 is 20.3 Å². The maximum atomic E-state index is 12.2. The van der Waals surface area contributed by atoms with Crippen molar-refractivity contribution in [1.82, 2.24) is 5.32 Å². The van der Waals surface area contributed by atoms with Crippen molar-refractivity contribution >= 4 is 29.1 Å². The van der Waals surface area contributed by atoms with Crippen LogP contribution in [0.15, 0.2) is 48.5 Å². The molecule has 2 N–H and O–H groups in total. The summed E-state index contributed by atoms with van der Waals surface area (Å²) in [6.45, 7) is -0.218. The molecule has 1 aliphatic rings. The summed E-state index contributed by atoms with van der Waals surface area (Å²) in [7, 11) is 1.62. The van der Waals surface area contributed by atoms with Gasteiger partial charge in [-0.1, -0.05) is 24.3 Å². The van der Waals surface area contributed by atoms with Crippen molar-refractivity contribution in [3.8, 4) is 5.75 Å². The minimum atomic E-state index is -0.399. The number of anilines is 2. The van der Waals surface area contributed by atoms with Gasteiger partial charge in [-0.25, -0.2) is 0 Å². The molecule has 0 fully saturated rings. The van der Waals surface area contributed by atoms with E-state index in [1.807, 2.05) is 6.07 Å². The number of nitrogens with one attached hydrogen (secondary N) is 2. The van der Waals surface area contributed by atoms with Crippen molar-refractivity contribution < 1.29 is 19.1 Å². The SMILES string of the molecule is CN1C(=O)COc2cccc(NC(=O)CNC(=O)c3ccccc3)c21. The molecule has 0 radical (unpaired) electrons. The maximum Gasteiger partial charge on any atom is 0.264 e. The van der Waals surface area contributed by atoms with Gasteiger partial charge in [0, 0.05) is 12.6 Å². The first kappa shape index (κ1) is 16.5. The van der Waals surface area contributed by atoms with Crippen molar-refractivity contribution in [3.05, 3.63) is 54.1 Å². The van der Waals surface area contributed by atoms with Crippen LogP contribution in [0.1, 0.15) is 10.4 Å². The van der Waals surface area contributed by atoms with Crippen LogP contribution in [0.2, 0.25) is 0 Å². The Morgan fingerprint density at radius 1 is 1.12 bits per heavy atom. The lowest BCUT2D eigenvalue weighted by Crippen LogP contribution is -2.37. The van der Waals surface area contributed by atoms with Gasteiger partial charge in [0.15, 0.2) is 6.61 Å². The summed E-state index contributed by atoms with van der Waals surface area (Å²) in [5, 5.41) is 5.26. The largest absolute Gasteiger partial charge is 0.481 e. The Hall–Kier alpha value is -3.35. The number of hydrogen-bond donors (Lipinski definition) is 2. The van der Waals surface area contributed by atoms with Gasteiger partial charge >= 0.3 is 0 Å². The molecule has 3 amide bonds. The van der Waals surface area contributed by atoms with Crippen LogP contribution in [0, 0.1) is 0 Å². The monoisotopic (exact) mass is 339 g/mol. The first-order chi connectivity index (χ1) is 12.1. The number of amides is 3. The van der Waals surface area contributed by atoms with Crippen LogP contribution >= 0.6 is 0 Å². The number of hydrogen-bond acceptors (Lipinski definition) is 4. The summed E-state index contributed by atoms with van der Waals surface area (Å²) in [5.74, 6) is -0.412. The van der Waals surface area contributed by atoms with E-state index in [2.05, 4.69) is 10.6 Å². The zero-order valence-electron chi connectivity index (χ0n) is 13.6. The molecule has 7 heteroatoms. The lowest BCUT2D eigenvalue weighted by molar-refractivity contribution is -0.121. The minimum Gasteiger partial charge on any atom is -0.481 e. The summed E-state index contributed by atoms with van der Waals surface area (Å²) >= 11 is 0. The number of carbonyl (C=O) groups is 3. The van der Waals surface area contributed by atoms with E-state index in [4.69, 9.17) is 4.74 Å². The van der Waals surface area contributed by atoms with E-state index >= 15 is 0 Å². The molecule has 0 saturated carbocycles. The van der Waals surface area contributed by atoms with Crippen LogP contribution in [0.4, 0.5) is 11.4 Å². The highest BCUT2D eigenvalue weighted by Crippen LogP contribution is 2.37. The number of ether oxygens (including phenoxy) is 1. The average molecular weight is 339 g/mol. The molecule has 25 heavy (non-hydrogen) atoms. The van der Waals surface area contributed by atoms with Gasteiger partial charge in [0.1, 0.15) is 11.4 Å². The summed E-state index contributed by atoms with van der Waals surface area (Å²) in [4.78, 5) is 37.4. The van der Waals surface area contributed by atoms with E-state index in [1.165, 1.54) is 4.90 Å². The second-order valence-electron chi connectivity index (χ2n) is 5.49. The molecule has 3 rings (SSSR count). The first-order valence-corrected chi connectivity index (χ1v) is 7.71. The number of carbonyl (C=O) groups excluding carboxylic acids is 3. The van der Waals surface area contributed by atoms with Crippen LogP contribution in [-0.4, -0.2) is 37.9 Å². The topological polar surface area (TPSA) is 87.7 Å². The molecule has 0 atom stereocenters. The molecular weight excluding hydrogens is 322 g/mol. The molecular formula is C18H17N3O4. The van der Waals surface area contributed by atoms with E-state index in [9.17, 15) is 14.4 Å². The van der Waals surface area contributed by atoms with Gasteiger partial charge in [-0.2, -0.15) is 0 Å². The zero-order chi connectivity index (χ0) is 17.8. The second kappa shape index (κ2) is 7.04. The molecule has 0 aromatic heterocycles. The minimum absolute atomic E-state index is 0.0337. The van der Waals surface area contributed by atoms with Crippen molar-refractivity contribution in [2.75, 3.05) is 30.4 Å². The van der Waals surface area contributed by atoms with Crippen LogP contribution in [0.25, 0.3) is 0 Å². The van der Waals surface area contributed by atoms with E-state index in [-0.39, 0.29) is 25.0 Å². The van der Waals surface area contributed by atoms with E-state index in [0.717, 1.165) is 0 Å². The molecule has 0 saturated heterocycles. The lowest BCUT2D eigenvalue weighted by Gasteiger charge is -2.28. The normalized spacial score (nSPS) is 12.8. The molecule has 1 heterocycles. The Morgan fingerprint density at radius 2 is 1.88 bits per heavy atom. The highest BCUT2D eigenvalue weighted by Gasteiger charge is 2.25. The lowest BCUT2D eigenvalue weighted by atomic mass is 10.2. The Bertz CT molecular complexity index is 820. The van der Waals surface area contributed by atoms with Gasteiger partial charge in [0.05, 0.1) is 12.2 Å². The molecule has 1 aliphatic heterocycles. The molecule has 0 aliphatic carbocycles. The predicted molar refractivity (Wildman–Crippen MR) is 92.8 cm³/mol. The van der Waals surface area contributed by atoms with Crippen molar-refractivity contribution in [1.29, 1.82) is 0 Å². The molecule has 7 nitrogen and oxygen atoms in total. The second-order valence-corrected chi connectivity index (χ2v) is 5.49. The third kappa shape index (κ3) is 3.60. The fourth-order valence-electron chi connectivity index (χ4n) is 2.49. The number of benzene rings is 2. The summed E-state index contributed by atoms with van der Waals surface area (Å²) < 4.78 is 5.37. The van der Waals surface area contributed by atoms with Crippen LogP contribution in [0.3, 0.4) is 0 Å². The first-order valence-electron chi connectivity index (χ1n) is 7.71. The number of nitrogens with zero attached hydrogens (tertiary/aromatic N) is 1. The van der Waals surface area contributed by atoms with Crippen molar-refractivity contribution in [2.45, 2.75) is 0 Å². The van der Waals surface area contributed by atoms with Gasteiger partial charge in [-0.15, -0.1) is 0 Å². The van der Waals surface area contributed by atoms with Crippen LogP contribution < -0.4 is 20.3 Å². The van der Waals surface area contributed by atoms with Gasteiger partial charge in [-0.3, -0.25) is 14.4 Å². The fourth-order valence-corrected chi connectivity index (χ4v) is 2.49. The summed E-state index contributed by atoms with van der Waals surface area (Å²) in [6.07, 6.45) is 0. The third-order valence-corrected chi connectivity index (χ3v) is 3.78. The van der Waals surface area contributed by atoms with Crippen LogP contribution in [-0.2, 0) is 9.59 Å². The van der Waals surface area contributed by atoms with Crippen molar-refractivity contribution in [3.63, 3.8) is 0 Å².